The van der Waals surface area contributed by atoms with E-state index < -0.39 is 0 Å². The molecule has 0 fully saturated rings. The van der Waals surface area contributed by atoms with Crippen molar-refractivity contribution in [3.8, 4) is 0 Å². The maximum absolute atomic E-state index is 6.30. The zero-order valence-electron chi connectivity index (χ0n) is 11.8. The second kappa shape index (κ2) is 6.21. The van der Waals surface area contributed by atoms with Gasteiger partial charge in [0.05, 0.1) is 0 Å². The predicted molar refractivity (Wildman–Crippen MR) is 95.5 cm³/mol. The van der Waals surface area contributed by atoms with Crippen molar-refractivity contribution in [2.75, 3.05) is 0 Å². The third-order valence-electron chi connectivity index (χ3n) is 3.74. The molecule has 0 nitrogen and oxygen atoms in total. The van der Waals surface area contributed by atoms with E-state index in [1.165, 1.54) is 22.1 Å². The van der Waals surface area contributed by atoms with Gasteiger partial charge in [0.2, 0.25) is 0 Å². The van der Waals surface area contributed by atoms with E-state index in [1.54, 1.807) is 0 Å². The fourth-order valence-electron chi connectivity index (χ4n) is 2.71. The Morgan fingerprint density at radius 2 is 1.71 bits per heavy atom. The number of hydrogen-bond acceptors (Lipinski definition) is 0. The second-order valence-corrected chi connectivity index (χ2v) is 6.86. The second-order valence-electron chi connectivity index (χ2n) is 5.34. The summed E-state index contributed by atoms with van der Waals surface area (Å²) in [6.07, 6.45) is 0.966. The minimum absolute atomic E-state index is 0.279. The first-order chi connectivity index (χ1) is 10.1. The van der Waals surface area contributed by atoms with E-state index in [2.05, 4.69) is 71.4 Å². The van der Waals surface area contributed by atoms with Crippen LogP contribution in [0.2, 0.25) is 5.02 Å². The summed E-state index contributed by atoms with van der Waals surface area (Å²) >= 11 is 10.1. The highest BCUT2D eigenvalue weighted by Gasteiger charge is 2.13. The largest absolute Gasteiger partial charge is 0.0837 e. The summed E-state index contributed by atoms with van der Waals surface area (Å²) in [7, 11) is 0. The third-order valence-corrected chi connectivity index (χ3v) is 4.89. The fourth-order valence-corrected chi connectivity index (χ4v) is 3.72. The third kappa shape index (κ3) is 3.14. The minimum Gasteiger partial charge on any atom is -0.0837 e. The Morgan fingerprint density at radius 1 is 0.952 bits per heavy atom. The van der Waals surface area contributed by atoms with Gasteiger partial charge in [0, 0.05) is 15.2 Å². The summed E-state index contributed by atoms with van der Waals surface area (Å²) in [5.41, 5.74) is 3.93. The molecule has 0 amide bonds. The van der Waals surface area contributed by atoms with Gasteiger partial charge in [0.15, 0.2) is 0 Å². The standard InChI is InChI=1S/C19H16BrCl/c1-13-5-4-6-14(11-13)12-18(20)16-9-10-19(21)17-8-3-2-7-15(16)17/h2-11,18H,12H2,1H3. The van der Waals surface area contributed by atoms with Gasteiger partial charge in [-0.3, -0.25) is 0 Å². The summed E-state index contributed by atoms with van der Waals surface area (Å²) in [6.45, 7) is 2.13. The van der Waals surface area contributed by atoms with Crippen molar-refractivity contribution < 1.29 is 0 Å². The van der Waals surface area contributed by atoms with Crippen LogP contribution < -0.4 is 0 Å². The Kier molecular flexibility index (Phi) is 4.32. The van der Waals surface area contributed by atoms with E-state index in [-0.39, 0.29) is 4.83 Å². The van der Waals surface area contributed by atoms with Crippen LogP contribution in [-0.4, -0.2) is 0 Å². The average Bonchev–Trinajstić information content (AvgIpc) is 2.48. The van der Waals surface area contributed by atoms with Gasteiger partial charge in [-0.25, -0.2) is 0 Å². The molecule has 106 valence electrons. The highest BCUT2D eigenvalue weighted by molar-refractivity contribution is 9.09. The van der Waals surface area contributed by atoms with Crippen molar-refractivity contribution in [3.05, 3.63) is 82.4 Å². The molecule has 0 aromatic heterocycles. The Morgan fingerprint density at radius 3 is 2.48 bits per heavy atom. The smallest absolute Gasteiger partial charge is 0.0484 e. The molecule has 1 unspecified atom stereocenters. The lowest BCUT2D eigenvalue weighted by atomic mass is 9.98. The lowest BCUT2D eigenvalue weighted by molar-refractivity contribution is 0.955. The maximum Gasteiger partial charge on any atom is 0.0484 e. The molecule has 0 heterocycles. The highest BCUT2D eigenvalue weighted by atomic mass is 79.9. The molecule has 3 aromatic carbocycles. The van der Waals surface area contributed by atoms with Crippen molar-refractivity contribution in [2.24, 2.45) is 0 Å². The van der Waals surface area contributed by atoms with E-state index in [0.29, 0.717) is 0 Å². The van der Waals surface area contributed by atoms with Crippen LogP contribution in [0.3, 0.4) is 0 Å². The Bertz CT molecular complexity index is 779. The average molecular weight is 360 g/mol. The van der Waals surface area contributed by atoms with Gasteiger partial charge in [-0.1, -0.05) is 87.7 Å². The molecule has 0 aliphatic rings. The maximum atomic E-state index is 6.30. The predicted octanol–water partition coefficient (Wildman–Crippen LogP) is 6.48. The summed E-state index contributed by atoms with van der Waals surface area (Å²) in [5.74, 6) is 0. The van der Waals surface area contributed by atoms with Crippen LogP contribution in [0.15, 0.2) is 60.7 Å². The van der Waals surface area contributed by atoms with Gasteiger partial charge < -0.3 is 0 Å². The van der Waals surface area contributed by atoms with Crippen LogP contribution in [0.25, 0.3) is 10.8 Å². The number of hydrogen-bond donors (Lipinski definition) is 0. The molecule has 0 bridgehead atoms. The van der Waals surface area contributed by atoms with Crippen LogP contribution in [0.5, 0.6) is 0 Å². The molecule has 0 spiro atoms. The lowest BCUT2D eigenvalue weighted by Gasteiger charge is -2.14. The number of alkyl halides is 1. The van der Waals surface area contributed by atoms with Gasteiger partial charge in [-0.2, -0.15) is 0 Å². The molecule has 0 aliphatic carbocycles. The van der Waals surface area contributed by atoms with Crippen molar-refractivity contribution in [1.82, 2.24) is 0 Å². The van der Waals surface area contributed by atoms with Crippen LogP contribution in [0, 0.1) is 6.92 Å². The molecule has 3 rings (SSSR count). The molecular formula is C19H16BrCl. The zero-order valence-corrected chi connectivity index (χ0v) is 14.2. The molecule has 2 heteroatoms. The molecular weight excluding hydrogens is 344 g/mol. The van der Waals surface area contributed by atoms with E-state index in [9.17, 15) is 0 Å². The van der Waals surface area contributed by atoms with Gasteiger partial charge >= 0.3 is 0 Å². The quantitative estimate of drug-likeness (QED) is 0.469. The van der Waals surface area contributed by atoms with E-state index in [0.717, 1.165) is 16.8 Å². The first-order valence-electron chi connectivity index (χ1n) is 7.02. The first-order valence-corrected chi connectivity index (χ1v) is 8.31. The molecule has 0 radical (unpaired) electrons. The van der Waals surface area contributed by atoms with E-state index in [1.807, 2.05) is 12.1 Å². The van der Waals surface area contributed by atoms with Crippen molar-refractivity contribution in [3.63, 3.8) is 0 Å². The minimum atomic E-state index is 0.279. The van der Waals surface area contributed by atoms with Gasteiger partial charge in [0.25, 0.3) is 0 Å². The first kappa shape index (κ1) is 14.6. The van der Waals surface area contributed by atoms with Crippen LogP contribution in [-0.2, 0) is 6.42 Å². The molecule has 21 heavy (non-hydrogen) atoms. The van der Waals surface area contributed by atoms with Gasteiger partial charge in [-0.05, 0) is 35.9 Å². The topological polar surface area (TPSA) is 0 Å². The Labute approximate surface area is 138 Å². The molecule has 0 saturated carbocycles. The normalized spacial score (nSPS) is 12.5. The summed E-state index contributed by atoms with van der Waals surface area (Å²) in [4.78, 5) is 0.279. The molecule has 1 atom stereocenters. The van der Waals surface area contributed by atoms with Gasteiger partial charge in [-0.15, -0.1) is 0 Å². The van der Waals surface area contributed by atoms with Crippen molar-refractivity contribution in [2.45, 2.75) is 18.2 Å². The summed E-state index contributed by atoms with van der Waals surface area (Å²) in [5, 5.41) is 3.15. The van der Waals surface area contributed by atoms with E-state index >= 15 is 0 Å². The number of benzene rings is 3. The van der Waals surface area contributed by atoms with Crippen molar-refractivity contribution in [1.29, 1.82) is 0 Å². The molecule has 0 aliphatic heterocycles. The Balaban J connectivity index is 1.98. The highest BCUT2D eigenvalue weighted by Crippen LogP contribution is 2.35. The lowest BCUT2D eigenvalue weighted by Crippen LogP contribution is -1.97. The van der Waals surface area contributed by atoms with Crippen LogP contribution >= 0.6 is 27.5 Å². The monoisotopic (exact) mass is 358 g/mol. The Hall–Kier alpha value is -1.31. The van der Waals surface area contributed by atoms with E-state index in [4.69, 9.17) is 11.6 Å². The number of aryl methyl sites for hydroxylation is 1. The van der Waals surface area contributed by atoms with Crippen LogP contribution in [0.1, 0.15) is 21.5 Å². The number of rotatable bonds is 3. The molecule has 0 saturated heterocycles. The van der Waals surface area contributed by atoms with Crippen LogP contribution in [0.4, 0.5) is 0 Å². The van der Waals surface area contributed by atoms with Crippen molar-refractivity contribution >= 4 is 38.3 Å². The fraction of sp³-hybridized carbons (Fsp3) is 0.158. The summed E-state index contributed by atoms with van der Waals surface area (Å²) in [6, 6.07) is 21.1. The van der Waals surface area contributed by atoms with Gasteiger partial charge in [0.1, 0.15) is 0 Å². The number of halogens is 2. The molecule has 3 aromatic rings. The number of fused-ring (bicyclic) bond motifs is 1. The SMILES string of the molecule is Cc1cccc(CC(Br)c2ccc(Cl)c3ccccc23)c1. The zero-order chi connectivity index (χ0) is 14.8. The molecule has 0 N–H and O–H groups in total. The summed E-state index contributed by atoms with van der Waals surface area (Å²) < 4.78 is 0.